The summed E-state index contributed by atoms with van der Waals surface area (Å²) in [6.07, 6.45) is 0. The normalized spacial score (nSPS) is 13.1. The van der Waals surface area contributed by atoms with E-state index in [9.17, 15) is 0 Å². The molecule has 6 aromatic carbocycles. The van der Waals surface area contributed by atoms with Crippen LogP contribution in [0.15, 0.2) is 119 Å². The van der Waals surface area contributed by atoms with Gasteiger partial charge in [0.05, 0.1) is 0 Å². The van der Waals surface area contributed by atoms with Crippen LogP contribution < -0.4 is 5.46 Å². The SMILES string of the molecule is Cc1ccc(-c2c3ccccc3c(B3Sc4ccccc4S3)c3ccccc23)c2ccccc12. The first kappa shape index (κ1) is 20.3. The maximum Gasteiger partial charge on any atom is 0.318 e. The molecular formula is C31H21BS2. The highest BCUT2D eigenvalue weighted by Gasteiger charge is 2.32. The molecule has 0 aromatic heterocycles. The van der Waals surface area contributed by atoms with Crippen molar-refractivity contribution in [3.8, 4) is 11.1 Å². The lowest BCUT2D eigenvalue weighted by molar-refractivity contribution is 1.27. The molecule has 3 heteroatoms. The summed E-state index contributed by atoms with van der Waals surface area (Å²) in [7, 11) is 0. The molecule has 0 unspecified atom stereocenters. The van der Waals surface area contributed by atoms with Crippen LogP contribution in [0.1, 0.15) is 5.56 Å². The van der Waals surface area contributed by atoms with Gasteiger partial charge in [-0.15, -0.1) is 0 Å². The van der Waals surface area contributed by atoms with Crippen molar-refractivity contribution in [3.05, 3.63) is 115 Å². The van der Waals surface area contributed by atoms with E-state index in [-0.39, 0.29) is 0 Å². The van der Waals surface area contributed by atoms with E-state index < -0.39 is 0 Å². The monoisotopic (exact) mass is 468 g/mol. The first-order chi connectivity index (χ1) is 16.8. The third kappa shape index (κ3) is 3.04. The highest BCUT2D eigenvalue weighted by molar-refractivity contribution is 8.57. The van der Waals surface area contributed by atoms with Crippen LogP contribution in [-0.4, -0.2) is 5.27 Å². The predicted molar refractivity (Wildman–Crippen MR) is 153 cm³/mol. The molecule has 0 fully saturated rings. The molecular weight excluding hydrogens is 447 g/mol. The maximum atomic E-state index is 2.32. The molecule has 160 valence electrons. The summed E-state index contributed by atoms with van der Waals surface area (Å²) in [6.45, 7) is 2.21. The fraction of sp³-hybridized carbons (Fsp3) is 0.0323. The summed E-state index contributed by atoms with van der Waals surface area (Å²) >= 11 is 3.98. The molecule has 6 aromatic rings. The van der Waals surface area contributed by atoms with Gasteiger partial charge in [-0.25, -0.2) is 0 Å². The van der Waals surface area contributed by atoms with E-state index in [4.69, 9.17) is 0 Å². The molecule has 1 aliphatic heterocycles. The van der Waals surface area contributed by atoms with Crippen LogP contribution in [0.5, 0.6) is 0 Å². The van der Waals surface area contributed by atoms with Gasteiger partial charge in [-0.05, 0) is 73.5 Å². The number of hydrogen-bond donors (Lipinski definition) is 0. The topological polar surface area (TPSA) is 0 Å². The quantitative estimate of drug-likeness (QED) is 0.184. The van der Waals surface area contributed by atoms with Crippen molar-refractivity contribution in [1.82, 2.24) is 0 Å². The maximum absolute atomic E-state index is 2.32. The van der Waals surface area contributed by atoms with Gasteiger partial charge in [0.15, 0.2) is 0 Å². The van der Waals surface area contributed by atoms with Gasteiger partial charge in [0.1, 0.15) is 0 Å². The Hall–Kier alpha value is -3.14. The summed E-state index contributed by atoms with van der Waals surface area (Å²) in [4.78, 5) is 2.78. The molecule has 1 aliphatic rings. The second kappa shape index (κ2) is 7.97. The number of hydrogen-bond acceptors (Lipinski definition) is 2. The van der Waals surface area contributed by atoms with Gasteiger partial charge in [0.2, 0.25) is 0 Å². The van der Waals surface area contributed by atoms with Crippen LogP contribution in [0.25, 0.3) is 43.4 Å². The van der Waals surface area contributed by atoms with Crippen LogP contribution in [0.4, 0.5) is 0 Å². The van der Waals surface area contributed by atoms with Crippen LogP contribution in [-0.2, 0) is 0 Å². The Morgan fingerprint density at radius 3 is 1.53 bits per heavy atom. The molecule has 0 saturated heterocycles. The molecule has 7 rings (SSSR count). The van der Waals surface area contributed by atoms with Crippen LogP contribution in [0.2, 0.25) is 0 Å². The lowest BCUT2D eigenvalue weighted by Crippen LogP contribution is -2.24. The smallest absolute Gasteiger partial charge is 0.153 e. The van der Waals surface area contributed by atoms with Gasteiger partial charge in [-0.3, -0.25) is 0 Å². The Morgan fingerprint density at radius 2 is 0.941 bits per heavy atom. The van der Waals surface area contributed by atoms with Gasteiger partial charge in [-0.1, -0.05) is 97.1 Å². The molecule has 0 aliphatic carbocycles. The van der Waals surface area contributed by atoms with Crippen molar-refractivity contribution in [3.63, 3.8) is 0 Å². The minimum Gasteiger partial charge on any atom is -0.153 e. The molecule has 0 atom stereocenters. The minimum absolute atomic E-state index is 0.344. The number of fused-ring (bicyclic) bond motifs is 4. The zero-order valence-electron chi connectivity index (χ0n) is 18.8. The Kier molecular flexibility index (Phi) is 4.75. The summed E-state index contributed by atoms with van der Waals surface area (Å²) < 4.78 is 0. The molecule has 0 saturated carbocycles. The van der Waals surface area contributed by atoms with E-state index in [2.05, 4.69) is 116 Å². The number of benzene rings is 6. The fourth-order valence-electron chi connectivity index (χ4n) is 5.39. The molecule has 0 spiro atoms. The summed E-state index contributed by atoms with van der Waals surface area (Å²) in [5, 5.41) is 8.38. The second-order valence-electron chi connectivity index (χ2n) is 8.87. The highest BCUT2D eigenvalue weighted by Crippen LogP contribution is 2.47. The standard InChI is InChI=1S/C31H21BS2/c1-20-18-19-25(22-11-3-2-10-21(20)22)30-23-12-4-6-14-26(23)31(27-15-7-5-13-24(27)30)32-33-28-16-8-9-17-29(28)34-32/h2-19H,1H3. The minimum atomic E-state index is 0.344. The van der Waals surface area contributed by atoms with Gasteiger partial charge >= 0.3 is 5.27 Å². The van der Waals surface area contributed by atoms with Crippen LogP contribution in [0, 0.1) is 6.92 Å². The molecule has 0 amide bonds. The largest absolute Gasteiger partial charge is 0.318 e. The van der Waals surface area contributed by atoms with Crippen molar-refractivity contribution < 1.29 is 0 Å². The average molecular weight is 468 g/mol. The Bertz CT molecular complexity index is 1660. The van der Waals surface area contributed by atoms with Crippen LogP contribution in [0.3, 0.4) is 0 Å². The molecule has 1 heterocycles. The predicted octanol–water partition coefficient (Wildman–Crippen LogP) is 8.71. The van der Waals surface area contributed by atoms with Gasteiger partial charge in [0, 0.05) is 9.79 Å². The third-order valence-electron chi connectivity index (χ3n) is 6.94. The number of rotatable bonds is 2. The van der Waals surface area contributed by atoms with Crippen molar-refractivity contribution in [2.24, 2.45) is 0 Å². The molecule has 0 bridgehead atoms. The van der Waals surface area contributed by atoms with E-state index in [0.717, 1.165) is 0 Å². The van der Waals surface area contributed by atoms with E-state index >= 15 is 0 Å². The zero-order chi connectivity index (χ0) is 22.6. The Morgan fingerprint density at radius 1 is 0.471 bits per heavy atom. The molecule has 0 N–H and O–H groups in total. The van der Waals surface area contributed by atoms with Gasteiger partial charge in [-0.2, -0.15) is 23.2 Å². The zero-order valence-corrected chi connectivity index (χ0v) is 20.4. The number of aryl methyl sites for hydroxylation is 1. The van der Waals surface area contributed by atoms with Crippen LogP contribution >= 0.6 is 23.2 Å². The first-order valence-corrected chi connectivity index (χ1v) is 13.4. The molecule has 0 nitrogen and oxygen atoms in total. The average Bonchev–Trinajstić information content (AvgIpc) is 3.32. The van der Waals surface area contributed by atoms with Gasteiger partial charge in [0.25, 0.3) is 0 Å². The summed E-state index contributed by atoms with van der Waals surface area (Å²) in [5.74, 6) is 0. The van der Waals surface area contributed by atoms with E-state index in [1.165, 1.54) is 64.3 Å². The summed E-state index contributed by atoms with van der Waals surface area (Å²) in [6, 6.07) is 40.2. The highest BCUT2D eigenvalue weighted by atomic mass is 32.2. The Labute approximate surface area is 208 Å². The summed E-state index contributed by atoms with van der Waals surface area (Å²) in [5.41, 5.74) is 5.42. The van der Waals surface area contributed by atoms with E-state index in [1.807, 2.05) is 23.2 Å². The lowest BCUT2D eigenvalue weighted by atomic mass is 9.78. The first-order valence-electron chi connectivity index (χ1n) is 11.6. The van der Waals surface area contributed by atoms with Gasteiger partial charge < -0.3 is 0 Å². The fourth-order valence-corrected chi connectivity index (χ4v) is 8.38. The third-order valence-corrected chi connectivity index (χ3v) is 9.76. The lowest BCUT2D eigenvalue weighted by Gasteiger charge is -2.20. The molecule has 34 heavy (non-hydrogen) atoms. The Balaban J connectivity index is 1.58. The van der Waals surface area contributed by atoms with Crippen molar-refractivity contribution >= 4 is 66.3 Å². The van der Waals surface area contributed by atoms with Crippen molar-refractivity contribution in [2.45, 2.75) is 16.7 Å². The van der Waals surface area contributed by atoms with Crippen molar-refractivity contribution in [1.29, 1.82) is 0 Å². The van der Waals surface area contributed by atoms with E-state index in [0.29, 0.717) is 5.27 Å². The second-order valence-corrected chi connectivity index (χ2v) is 11.5. The van der Waals surface area contributed by atoms with Crippen molar-refractivity contribution in [2.75, 3.05) is 0 Å². The van der Waals surface area contributed by atoms with E-state index in [1.54, 1.807) is 0 Å². The molecule has 0 radical (unpaired) electrons.